The monoisotopic (exact) mass is 275 g/mol. The van der Waals surface area contributed by atoms with Crippen LogP contribution in [-0.4, -0.2) is 35.0 Å². The van der Waals surface area contributed by atoms with Crippen molar-refractivity contribution < 1.29 is 14.6 Å². The van der Waals surface area contributed by atoms with E-state index in [1.807, 2.05) is 6.07 Å². The maximum Gasteiger partial charge on any atom is 0.138 e. The van der Waals surface area contributed by atoms with Gasteiger partial charge in [0.15, 0.2) is 0 Å². The Bertz CT molecular complexity index is 502. The normalized spacial score (nSPS) is 20.2. The van der Waals surface area contributed by atoms with Crippen LogP contribution >= 0.6 is 0 Å². The highest BCUT2D eigenvalue weighted by Crippen LogP contribution is 2.29. The largest absolute Gasteiger partial charge is 0.489 e. The van der Waals surface area contributed by atoms with Crippen LogP contribution in [0.5, 0.6) is 5.75 Å². The molecular weight excluding hydrogens is 254 g/mol. The second-order valence-electron chi connectivity index (χ2n) is 5.53. The van der Waals surface area contributed by atoms with Crippen molar-refractivity contribution in [2.75, 3.05) is 13.2 Å². The van der Waals surface area contributed by atoms with Gasteiger partial charge >= 0.3 is 0 Å². The summed E-state index contributed by atoms with van der Waals surface area (Å²) < 4.78 is 11.6. The molecule has 0 amide bonds. The third-order valence-electron chi connectivity index (χ3n) is 3.17. The summed E-state index contributed by atoms with van der Waals surface area (Å²) in [6.07, 6.45) is 6.07. The molecule has 1 N–H and O–H groups in total. The van der Waals surface area contributed by atoms with Crippen LogP contribution < -0.4 is 4.74 Å². The summed E-state index contributed by atoms with van der Waals surface area (Å²) in [4.78, 5) is 4.11. The average Bonchev–Trinajstić information content (AvgIpc) is 2.77. The number of aromatic nitrogens is 1. The average molecular weight is 275 g/mol. The number of aliphatic hydroxyl groups excluding tert-OH is 1. The third-order valence-corrected chi connectivity index (χ3v) is 3.17. The van der Waals surface area contributed by atoms with Crippen molar-refractivity contribution in [1.29, 1.82) is 0 Å². The minimum Gasteiger partial charge on any atom is -0.489 e. The number of ether oxygens (including phenoxy) is 2. The lowest BCUT2D eigenvalue weighted by Crippen LogP contribution is -2.23. The highest BCUT2D eigenvalue weighted by atomic mass is 16.6. The first kappa shape index (κ1) is 14.8. The van der Waals surface area contributed by atoms with Crippen molar-refractivity contribution >= 4 is 0 Å². The fraction of sp³-hybridized carbons (Fsp3) is 0.562. The van der Waals surface area contributed by atoms with Crippen LogP contribution in [0.1, 0.15) is 38.7 Å². The van der Waals surface area contributed by atoms with Crippen molar-refractivity contribution in [3.63, 3.8) is 0 Å². The molecule has 2 heterocycles. The number of pyridine rings is 1. The van der Waals surface area contributed by atoms with Crippen LogP contribution in [0.25, 0.3) is 0 Å². The minimum absolute atomic E-state index is 0.0378. The van der Waals surface area contributed by atoms with Gasteiger partial charge in [-0.2, -0.15) is 0 Å². The predicted octanol–water partition coefficient (Wildman–Crippen LogP) is 2.15. The summed E-state index contributed by atoms with van der Waals surface area (Å²) >= 11 is 0. The van der Waals surface area contributed by atoms with Crippen molar-refractivity contribution in [2.45, 2.75) is 44.8 Å². The molecule has 0 saturated carbocycles. The van der Waals surface area contributed by atoms with Crippen LogP contribution in [0.4, 0.5) is 0 Å². The molecular formula is C16H21NO3. The predicted molar refractivity (Wildman–Crippen MR) is 76.5 cm³/mol. The highest BCUT2D eigenvalue weighted by Gasteiger charge is 2.31. The van der Waals surface area contributed by atoms with Crippen molar-refractivity contribution in [1.82, 2.24) is 4.98 Å². The first-order chi connectivity index (χ1) is 9.59. The first-order valence-electron chi connectivity index (χ1n) is 6.94. The Kier molecular flexibility index (Phi) is 4.99. The van der Waals surface area contributed by atoms with E-state index in [4.69, 9.17) is 14.6 Å². The molecule has 4 nitrogen and oxygen atoms in total. The number of nitrogens with zero attached hydrogens (tertiary/aromatic N) is 1. The molecule has 0 spiro atoms. The lowest BCUT2D eigenvalue weighted by molar-refractivity contribution is -0.0327. The fourth-order valence-electron chi connectivity index (χ4n) is 2.17. The summed E-state index contributed by atoms with van der Waals surface area (Å²) in [5, 5.41) is 8.69. The van der Waals surface area contributed by atoms with E-state index in [-0.39, 0.29) is 18.3 Å². The van der Waals surface area contributed by atoms with Crippen molar-refractivity contribution in [3.8, 4) is 17.6 Å². The zero-order chi connectivity index (χ0) is 14.4. The number of aliphatic hydroxyl groups is 1. The van der Waals surface area contributed by atoms with Gasteiger partial charge in [-0.05, 0) is 32.8 Å². The second-order valence-corrected chi connectivity index (χ2v) is 5.53. The van der Waals surface area contributed by atoms with E-state index in [1.54, 1.807) is 12.4 Å². The molecule has 1 aliphatic rings. The molecule has 20 heavy (non-hydrogen) atoms. The molecule has 0 aromatic carbocycles. The zero-order valence-corrected chi connectivity index (χ0v) is 12.1. The molecule has 2 rings (SSSR count). The second kappa shape index (κ2) is 6.74. The molecule has 0 aliphatic carbocycles. The fourth-order valence-corrected chi connectivity index (χ4v) is 2.17. The Hall–Kier alpha value is -1.57. The molecule has 1 aromatic heterocycles. The topological polar surface area (TPSA) is 51.6 Å². The van der Waals surface area contributed by atoms with Crippen LogP contribution in [0.3, 0.4) is 0 Å². The van der Waals surface area contributed by atoms with Gasteiger partial charge in [-0.3, -0.25) is 4.98 Å². The smallest absolute Gasteiger partial charge is 0.138 e. The maximum atomic E-state index is 8.69. The molecule has 1 aliphatic heterocycles. The van der Waals surface area contributed by atoms with Crippen LogP contribution in [0, 0.1) is 11.8 Å². The van der Waals surface area contributed by atoms with Crippen LogP contribution in [0.2, 0.25) is 0 Å². The Morgan fingerprint density at radius 1 is 1.50 bits per heavy atom. The Labute approximate surface area is 120 Å². The van der Waals surface area contributed by atoms with E-state index in [9.17, 15) is 0 Å². The van der Waals surface area contributed by atoms with Gasteiger partial charge in [-0.25, -0.2) is 0 Å². The summed E-state index contributed by atoms with van der Waals surface area (Å²) in [5.74, 6) is 6.51. The van der Waals surface area contributed by atoms with Gasteiger partial charge in [0.1, 0.15) is 12.4 Å². The lowest BCUT2D eigenvalue weighted by atomic mass is 10.1. The van der Waals surface area contributed by atoms with Crippen LogP contribution in [0.15, 0.2) is 18.5 Å². The quantitative estimate of drug-likeness (QED) is 0.855. The van der Waals surface area contributed by atoms with Crippen molar-refractivity contribution in [3.05, 3.63) is 24.0 Å². The summed E-state index contributed by atoms with van der Waals surface area (Å²) in [6.45, 7) is 4.82. The molecule has 1 saturated heterocycles. The third kappa shape index (κ3) is 4.52. The molecule has 108 valence electrons. The van der Waals surface area contributed by atoms with Gasteiger partial charge in [-0.15, -0.1) is 0 Å². The lowest BCUT2D eigenvalue weighted by Gasteiger charge is -2.19. The van der Waals surface area contributed by atoms with Gasteiger partial charge in [-0.1, -0.05) is 11.8 Å². The highest BCUT2D eigenvalue weighted by molar-refractivity contribution is 5.36. The summed E-state index contributed by atoms with van der Waals surface area (Å²) in [6, 6.07) is 1.86. The van der Waals surface area contributed by atoms with E-state index in [0.29, 0.717) is 18.8 Å². The Morgan fingerprint density at radius 2 is 2.35 bits per heavy atom. The van der Waals surface area contributed by atoms with Gasteiger partial charge in [0, 0.05) is 18.2 Å². The molecule has 1 unspecified atom stereocenters. The first-order valence-corrected chi connectivity index (χ1v) is 6.94. The molecule has 1 atom stereocenters. The number of hydrogen-bond acceptors (Lipinski definition) is 4. The summed E-state index contributed by atoms with van der Waals surface area (Å²) in [7, 11) is 0. The summed E-state index contributed by atoms with van der Waals surface area (Å²) in [5.41, 5.74) is 0.757. The maximum absolute atomic E-state index is 8.69. The minimum atomic E-state index is -0.0378. The molecule has 1 fully saturated rings. The standard InChI is InChI=1S/C16H21NO3/c1-16(2)7-6-14(20-16)12-19-15-9-13(10-17-11-15)5-3-4-8-18/h9-11,14,18H,4,6-8,12H2,1-2H3. The molecule has 4 heteroatoms. The van der Waals surface area contributed by atoms with Crippen LogP contribution in [-0.2, 0) is 4.74 Å². The molecule has 0 radical (unpaired) electrons. The Balaban J connectivity index is 1.87. The van der Waals surface area contributed by atoms with E-state index in [2.05, 4.69) is 30.7 Å². The molecule has 0 bridgehead atoms. The van der Waals surface area contributed by atoms with Gasteiger partial charge in [0.2, 0.25) is 0 Å². The van der Waals surface area contributed by atoms with E-state index < -0.39 is 0 Å². The Morgan fingerprint density at radius 3 is 3.05 bits per heavy atom. The van der Waals surface area contributed by atoms with E-state index in [0.717, 1.165) is 18.4 Å². The van der Waals surface area contributed by atoms with Gasteiger partial charge < -0.3 is 14.6 Å². The SMILES string of the molecule is CC1(C)CCC(COc2cncc(C#CCCO)c2)O1. The molecule has 1 aromatic rings. The zero-order valence-electron chi connectivity index (χ0n) is 12.1. The van der Waals surface area contributed by atoms with Gasteiger partial charge in [0.05, 0.1) is 24.5 Å². The number of hydrogen-bond donors (Lipinski definition) is 1. The number of rotatable bonds is 4. The van der Waals surface area contributed by atoms with Gasteiger partial charge in [0.25, 0.3) is 0 Å². The van der Waals surface area contributed by atoms with Crippen molar-refractivity contribution in [2.24, 2.45) is 0 Å². The van der Waals surface area contributed by atoms with E-state index in [1.165, 1.54) is 0 Å². The van der Waals surface area contributed by atoms with E-state index >= 15 is 0 Å².